The summed E-state index contributed by atoms with van der Waals surface area (Å²) in [6, 6.07) is 9.84. The molecule has 0 radical (unpaired) electrons. The van der Waals surface area contributed by atoms with Gasteiger partial charge in [-0.3, -0.25) is 14.3 Å². The van der Waals surface area contributed by atoms with Gasteiger partial charge in [0.2, 0.25) is 5.91 Å². The third-order valence-electron chi connectivity index (χ3n) is 4.68. The minimum Gasteiger partial charge on any atom is -0.352 e. The van der Waals surface area contributed by atoms with Crippen LogP contribution in [-0.2, 0) is 18.3 Å². The monoisotopic (exact) mass is 340 g/mol. The highest BCUT2D eigenvalue weighted by molar-refractivity contribution is 5.93. The van der Waals surface area contributed by atoms with E-state index < -0.39 is 0 Å². The molecule has 2 amide bonds. The van der Waals surface area contributed by atoms with Crippen LogP contribution in [0, 0.1) is 5.92 Å². The maximum absolute atomic E-state index is 12.4. The van der Waals surface area contributed by atoms with Gasteiger partial charge in [-0.05, 0) is 24.3 Å². The van der Waals surface area contributed by atoms with Gasteiger partial charge < -0.3 is 10.2 Å². The number of rotatable bonds is 5. The van der Waals surface area contributed by atoms with Crippen LogP contribution in [-0.4, -0.2) is 46.1 Å². The number of nitrogens with zero attached hydrogens (tertiary/aromatic N) is 3. The van der Waals surface area contributed by atoms with E-state index >= 15 is 0 Å². The Hall–Kier alpha value is -2.63. The van der Waals surface area contributed by atoms with Crippen LogP contribution < -0.4 is 5.32 Å². The first kappa shape index (κ1) is 17.2. The first-order valence-electron chi connectivity index (χ1n) is 8.70. The summed E-state index contributed by atoms with van der Waals surface area (Å²) in [5.41, 5.74) is 1.64. The van der Waals surface area contributed by atoms with Gasteiger partial charge in [-0.1, -0.05) is 30.3 Å². The number of carbonyl (C=O) groups is 2. The molecular weight excluding hydrogens is 316 g/mol. The SMILES string of the molecule is Cn1cc(C(=O)NCC2CCN(C(=O)Cc3ccccc3)CC2)cn1. The molecule has 132 valence electrons. The third kappa shape index (κ3) is 4.68. The Morgan fingerprint density at radius 1 is 1.20 bits per heavy atom. The summed E-state index contributed by atoms with van der Waals surface area (Å²) in [6.45, 7) is 2.17. The van der Waals surface area contributed by atoms with Gasteiger partial charge in [0, 0.05) is 32.9 Å². The van der Waals surface area contributed by atoms with E-state index in [1.54, 1.807) is 24.1 Å². The highest BCUT2D eigenvalue weighted by Crippen LogP contribution is 2.17. The molecular formula is C19H24N4O2. The number of hydrogen-bond acceptors (Lipinski definition) is 3. The molecule has 1 aromatic heterocycles. The average Bonchev–Trinajstić information content (AvgIpc) is 3.07. The van der Waals surface area contributed by atoms with Crippen LogP contribution in [0.25, 0.3) is 0 Å². The number of aromatic nitrogens is 2. The van der Waals surface area contributed by atoms with Gasteiger partial charge in [-0.15, -0.1) is 0 Å². The van der Waals surface area contributed by atoms with Gasteiger partial charge in [-0.25, -0.2) is 0 Å². The summed E-state index contributed by atoms with van der Waals surface area (Å²) < 4.78 is 1.62. The minimum atomic E-state index is -0.0873. The molecule has 6 heteroatoms. The fourth-order valence-corrected chi connectivity index (χ4v) is 3.15. The first-order valence-corrected chi connectivity index (χ1v) is 8.70. The first-order chi connectivity index (χ1) is 12.1. The zero-order valence-electron chi connectivity index (χ0n) is 14.5. The topological polar surface area (TPSA) is 67.2 Å². The number of piperidine rings is 1. The summed E-state index contributed by atoms with van der Waals surface area (Å²) in [5, 5.41) is 6.98. The lowest BCUT2D eigenvalue weighted by Crippen LogP contribution is -2.42. The summed E-state index contributed by atoms with van der Waals surface area (Å²) in [7, 11) is 1.79. The van der Waals surface area contributed by atoms with Crippen molar-refractivity contribution in [3.8, 4) is 0 Å². The molecule has 1 aliphatic rings. The molecule has 0 spiro atoms. The molecule has 1 aliphatic heterocycles. The molecule has 6 nitrogen and oxygen atoms in total. The fourth-order valence-electron chi connectivity index (χ4n) is 3.15. The van der Waals surface area contributed by atoms with Crippen molar-refractivity contribution in [3.63, 3.8) is 0 Å². The Kier molecular flexibility index (Phi) is 5.48. The maximum Gasteiger partial charge on any atom is 0.254 e. The van der Waals surface area contributed by atoms with Gasteiger partial charge >= 0.3 is 0 Å². The second-order valence-electron chi connectivity index (χ2n) is 6.60. The van der Waals surface area contributed by atoms with Gasteiger partial charge in [0.25, 0.3) is 5.91 Å². The lowest BCUT2D eigenvalue weighted by atomic mass is 9.96. The Morgan fingerprint density at radius 2 is 1.92 bits per heavy atom. The molecule has 1 fully saturated rings. The van der Waals surface area contributed by atoms with Crippen molar-refractivity contribution in [2.24, 2.45) is 13.0 Å². The molecule has 3 rings (SSSR count). The van der Waals surface area contributed by atoms with Crippen molar-refractivity contribution >= 4 is 11.8 Å². The van der Waals surface area contributed by atoms with E-state index in [0.29, 0.717) is 24.4 Å². The third-order valence-corrected chi connectivity index (χ3v) is 4.68. The van der Waals surface area contributed by atoms with Gasteiger partial charge in [0.05, 0.1) is 18.2 Å². The Balaban J connectivity index is 1.41. The molecule has 2 aromatic rings. The number of carbonyl (C=O) groups excluding carboxylic acids is 2. The van der Waals surface area contributed by atoms with Crippen LogP contribution in [0.3, 0.4) is 0 Å². The van der Waals surface area contributed by atoms with Crippen molar-refractivity contribution in [2.45, 2.75) is 19.3 Å². The lowest BCUT2D eigenvalue weighted by molar-refractivity contribution is -0.131. The second-order valence-corrected chi connectivity index (χ2v) is 6.60. The Labute approximate surface area is 147 Å². The van der Waals surface area contributed by atoms with E-state index in [2.05, 4.69) is 10.4 Å². The number of aryl methyl sites for hydroxylation is 1. The van der Waals surface area contributed by atoms with Crippen LogP contribution in [0.5, 0.6) is 0 Å². The van der Waals surface area contributed by atoms with E-state index in [1.807, 2.05) is 35.2 Å². The van der Waals surface area contributed by atoms with Crippen LogP contribution >= 0.6 is 0 Å². The molecule has 0 saturated carbocycles. The van der Waals surface area contributed by atoms with Gasteiger partial charge in [0.1, 0.15) is 0 Å². The standard InChI is InChI=1S/C19H24N4O2/c1-22-14-17(13-21-22)19(25)20-12-16-7-9-23(10-8-16)18(24)11-15-5-3-2-4-6-15/h2-6,13-14,16H,7-12H2,1H3,(H,20,25). The zero-order valence-corrected chi connectivity index (χ0v) is 14.5. The largest absolute Gasteiger partial charge is 0.352 e. The molecule has 1 aromatic carbocycles. The van der Waals surface area contributed by atoms with Crippen LogP contribution in [0.1, 0.15) is 28.8 Å². The van der Waals surface area contributed by atoms with Crippen molar-refractivity contribution in [1.29, 1.82) is 0 Å². The summed E-state index contributed by atoms with van der Waals surface area (Å²) >= 11 is 0. The quantitative estimate of drug-likeness (QED) is 0.900. The van der Waals surface area contributed by atoms with E-state index in [0.717, 1.165) is 31.5 Å². The molecule has 0 atom stereocenters. The highest BCUT2D eigenvalue weighted by atomic mass is 16.2. The van der Waals surface area contributed by atoms with Crippen molar-refractivity contribution in [2.75, 3.05) is 19.6 Å². The minimum absolute atomic E-state index is 0.0873. The lowest BCUT2D eigenvalue weighted by Gasteiger charge is -2.32. The highest BCUT2D eigenvalue weighted by Gasteiger charge is 2.23. The predicted octanol–water partition coefficient (Wildman–Crippen LogP) is 1.63. The number of benzene rings is 1. The van der Waals surface area contributed by atoms with Crippen molar-refractivity contribution < 1.29 is 9.59 Å². The molecule has 0 bridgehead atoms. The van der Waals surface area contributed by atoms with Crippen LogP contribution in [0.4, 0.5) is 0 Å². The molecule has 25 heavy (non-hydrogen) atoms. The second kappa shape index (κ2) is 7.96. The molecule has 1 saturated heterocycles. The molecule has 0 unspecified atom stereocenters. The Bertz CT molecular complexity index is 718. The molecule has 2 heterocycles. The maximum atomic E-state index is 12.4. The van der Waals surface area contributed by atoms with Gasteiger partial charge in [0.15, 0.2) is 0 Å². The van der Waals surface area contributed by atoms with Crippen LogP contribution in [0.15, 0.2) is 42.7 Å². The summed E-state index contributed by atoms with van der Waals surface area (Å²) in [5.74, 6) is 0.515. The van der Waals surface area contributed by atoms with Crippen LogP contribution in [0.2, 0.25) is 0 Å². The zero-order chi connectivity index (χ0) is 17.6. The van der Waals surface area contributed by atoms with E-state index in [4.69, 9.17) is 0 Å². The van der Waals surface area contributed by atoms with E-state index in [-0.39, 0.29) is 11.8 Å². The van der Waals surface area contributed by atoms with Gasteiger partial charge in [-0.2, -0.15) is 5.10 Å². The Morgan fingerprint density at radius 3 is 2.56 bits per heavy atom. The summed E-state index contributed by atoms with van der Waals surface area (Å²) in [4.78, 5) is 26.4. The fraction of sp³-hybridized carbons (Fsp3) is 0.421. The van der Waals surface area contributed by atoms with Crippen molar-refractivity contribution in [3.05, 3.63) is 53.9 Å². The van der Waals surface area contributed by atoms with Crippen molar-refractivity contribution in [1.82, 2.24) is 20.0 Å². The molecule has 1 N–H and O–H groups in total. The number of hydrogen-bond donors (Lipinski definition) is 1. The number of nitrogens with one attached hydrogen (secondary N) is 1. The van der Waals surface area contributed by atoms with E-state index in [1.165, 1.54) is 0 Å². The average molecular weight is 340 g/mol. The van der Waals surface area contributed by atoms with E-state index in [9.17, 15) is 9.59 Å². The number of amides is 2. The number of likely N-dealkylation sites (tertiary alicyclic amines) is 1. The normalized spacial score (nSPS) is 15.2. The predicted molar refractivity (Wildman–Crippen MR) is 95.0 cm³/mol. The smallest absolute Gasteiger partial charge is 0.254 e. The molecule has 0 aliphatic carbocycles. The summed E-state index contributed by atoms with van der Waals surface area (Å²) in [6.07, 6.45) is 5.59.